The Morgan fingerprint density at radius 3 is 3.17 bits per heavy atom. The van der Waals surface area contributed by atoms with Crippen molar-refractivity contribution < 1.29 is 9.90 Å². The number of imidazole rings is 1. The molecular weight excluding hydrogens is 158 g/mol. The fourth-order valence-electron chi connectivity index (χ4n) is 1.34. The van der Waals surface area contributed by atoms with Crippen LogP contribution in [0, 0.1) is 0 Å². The highest BCUT2D eigenvalue weighted by atomic mass is 16.4. The number of rotatable bonds is 0. The maximum atomic E-state index is 10.6. The lowest BCUT2D eigenvalue weighted by Gasteiger charge is -2.24. The number of nitrogens with zero attached hydrogens (tertiary/aromatic N) is 3. The first-order chi connectivity index (χ1) is 5.77. The van der Waals surface area contributed by atoms with Crippen LogP contribution >= 0.6 is 0 Å². The molecule has 2 rings (SSSR count). The molecule has 2 heterocycles. The summed E-state index contributed by atoms with van der Waals surface area (Å²) in [6.45, 7) is 1.67. The smallest absolute Gasteiger partial charge is 0.407 e. The monoisotopic (exact) mass is 167 g/mol. The molecule has 0 spiro atoms. The summed E-state index contributed by atoms with van der Waals surface area (Å²) in [7, 11) is 0. The van der Waals surface area contributed by atoms with Gasteiger partial charge in [0.1, 0.15) is 5.82 Å². The van der Waals surface area contributed by atoms with Crippen molar-refractivity contribution in [1.82, 2.24) is 14.5 Å². The summed E-state index contributed by atoms with van der Waals surface area (Å²) in [6.07, 6.45) is 2.69. The molecule has 0 saturated heterocycles. The lowest BCUT2D eigenvalue weighted by molar-refractivity contribution is 0.131. The van der Waals surface area contributed by atoms with Crippen molar-refractivity contribution in [1.29, 1.82) is 0 Å². The molecule has 0 atom stereocenters. The summed E-state index contributed by atoms with van der Waals surface area (Å²) < 4.78 is 1.97. The minimum atomic E-state index is -0.871. The largest absolute Gasteiger partial charge is 0.465 e. The van der Waals surface area contributed by atoms with Crippen LogP contribution in [0.4, 0.5) is 4.79 Å². The van der Waals surface area contributed by atoms with Gasteiger partial charge < -0.3 is 9.67 Å². The summed E-state index contributed by atoms with van der Waals surface area (Å²) in [4.78, 5) is 16.0. The van der Waals surface area contributed by atoms with Crippen LogP contribution < -0.4 is 0 Å². The third-order valence-corrected chi connectivity index (χ3v) is 2.02. The van der Waals surface area contributed by atoms with Gasteiger partial charge in [0.2, 0.25) is 0 Å². The molecule has 0 aliphatic carbocycles. The first kappa shape index (κ1) is 7.15. The number of carbonyl (C=O) groups is 1. The average molecular weight is 167 g/mol. The SMILES string of the molecule is O=C(O)N1CCn2ccnc2C1. The predicted octanol–water partition coefficient (Wildman–Crippen LogP) is 0.377. The number of aromatic nitrogens is 2. The highest BCUT2D eigenvalue weighted by Gasteiger charge is 2.19. The van der Waals surface area contributed by atoms with Crippen LogP contribution in [-0.4, -0.2) is 32.2 Å². The maximum Gasteiger partial charge on any atom is 0.407 e. The highest BCUT2D eigenvalue weighted by Crippen LogP contribution is 2.09. The standard InChI is InChI=1S/C7H9N3O2/c11-7(12)10-4-3-9-2-1-8-6(9)5-10/h1-2H,3-5H2,(H,11,12). The van der Waals surface area contributed by atoms with Crippen LogP contribution in [0.25, 0.3) is 0 Å². The van der Waals surface area contributed by atoms with E-state index in [1.807, 2.05) is 10.8 Å². The zero-order valence-electron chi connectivity index (χ0n) is 6.47. The topological polar surface area (TPSA) is 58.4 Å². The second-order valence-electron chi connectivity index (χ2n) is 2.74. The predicted molar refractivity (Wildman–Crippen MR) is 40.7 cm³/mol. The first-order valence-electron chi connectivity index (χ1n) is 3.75. The van der Waals surface area contributed by atoms with Gasteiger partial charge in [0, 0.05) is 25.5 Å². The molecule has 64 valence electrons. The molecule has 5 heteroatoms. The fraction of sp³-hybridized carbons (Fsp3) is 0.429. The first-order valence-corrected chi connectivity index (χ1v) is 3.75. The molecule has 0 fully saturated rings. The highest BCUT2D eigenvalue weighted by molar-refractivity contribution is 5.64. The number of amides is 1. The third-order valence-electron chi connectivity index (χ3n) is 2.02. The summed E-state index contributed by atoms with van der Waals surface area (Å²) >= 11 is 0. The van der Waals surface area contributed by atoms with Gasteiger partial charge in [0.15, 0.2) is 0 Å². The Kier molecular flexibility index (Phi) is 1.49. The quantitative estimate of drug-likeness (QED) is 0.607. The lowest BCUT2D eigenvalue weighted by Crippen LogP contribution is -2.37. The van der Waals surface area contributed by atoms with E-state index in [2.05, 4.69) is 4.98 Å². The van der Waals surface area contributed by atoms with E-state index in [0.29, 0.717) is 19.6 Å². The van der Waals surface area contributed by atoms with Crippen molar-refractivity contribution in [3.63, 3.8) is 0 Å². The van der Waals surface area contributed by atoms with E-state index in [1.54, 1.807) is 6.20 Å². The van der Waals surface area contributed by atoms with Gasteiger partial charge in [-0.25, -0.2) is 9.78 Å². The van der Waals surface area contributed by atoms with Crippen LogP contribution in [0.2, 0.25) is 0 Å². The third kappa shape index (κ3) is 1.03. The Bertz CT molecular complexity index is 307. The molecule has 0 saturated carbocycles. The molecule has 12 heavy (non-hydrogen) atoms. The Hall–Kier alpha value is -1.52. The van der Waals surface area contributed by atoms with Crippen LogP contribution in [0.1, 0.15) is 5.82 Å². The molecule has 1 amide bonds. The van der Waals surface area contributed by atoms with Crippen molar-refractivity contribution >= 4 is 6.09 Å². The normalized spacial score (nSPS) is 15.8. The van der Waals surface area contributed by atoms with E-state index in [1.165, 1.54) is 4.90 Å². The number of hydrogen-bond acceptors (Lipinski definition) is 2. The van der Waals surface area contributed by atoms with Crippen LogP contribution in [0.15, 0.2) is 12.4 Å². The van der Waals surface area contributed by atoms with E-state index in [4.69, 9.17) is 5.11 Å². The second kappa shape index (κ2) is 2.51. The molecule has 1 aromatic heterocycles. The maximum absolute atomic E-state index is 10.6. The van der Waals surface area contributed by atoms with Crippen LogP contribution in [0.5, 0.6) is 0 Å². The number of carboxylic acid groups (broad SMARTS) is 1. The van der Waals surface area contributed by atoms with Crippen LogP contribution in [-0.2, 0) is 13.1 Å². The average Bonchev–Trinajstić information content (AvgIpc) is 2.49. The summed E-state index contributed by atoms with van der Waals surface area (Å²) in [5.74, 6) is 0.823. The van der Waals surface area contributed by atoms with Gasteiger partial charge in [-0.2, -0.15) is 0 Å². The summed E-state index contributed by atoms with van der Waals surface area (Å²) in [6, 6.07) is 0. The van der Waals surface area contributed by atoms with Crippen molar-refractivity contribution in [2.75, 3.05) is 6.54 Å². The molecule has 0 aromatic carbocycles. The Morgan fingerprint density at radius 2 is 2.42 bits per heavy atom. The van der Waals surface area contributed by atoms with Gasteiger partial charge in [-0.3, -0.25) is 4.90 Å². The van der Waals surface area contributed by atoms with Gasteiger partial charge in [0.25, 0.3) is 0 Å². The van der Waals surface area contributed by atoms with Crippen LogP contribution in [0.3, 0.4) is 0 Å². The molecule has 1 aromatic rings. The number of fused-ring (bicyclic) bond motifs is 1. The molecule has 0 unspecified atom stereocenters. The lowest BCUT2D eigenvalue weighted by atomic mass is 10.4. The Labute approximate surface area is 69.2 Å². The van der Waals surface area contributed by atoms with Crippen molar-refractivity contribution in [3.05, 3.63) is 18.2 Å². The van der Waals surface area contributed by atoms with E-state index in [9.17, 15) is 4.79 Å². The molecule has 1 aliphatic rings. The van der Waals surface area contributed by atoms with E-state index in [0.717, 1.165) is 5.82 Å². The Morgan fingerprint density at radius 1 is 1.58 bits per heavy atom. The molecule has 0 bridgehead atoms. The van der Waals surface area contributed by atoms with E-state index in [-0.39, 0.29) is 0 Å². The fourth-order valence-corrected chi connectivity index (χ4v) is 1.34. The molecular formula is C7H9N3O2. The molecule has 0 radical (unpaired) electrons. The Balaban J connectivity index is 2.20. The van der Waals surface area contributed by atoms with Crippen molar-refractivity contribution in [2.45, 2.75) is 13.1 Å². The molecule has 1 N–H and O–H groups in total. The van der Waals surface area contributed by atoms with Gasteiger partial charge in [0.05, 0.1) is 6.54 Å². The van der Waals surface area contributed by atoms with E-state index < -0.39 is 6.09 Å². The minimum Gasteiger partial charge on any atom is -0.465 e. The van der Waals surface area contributed by atoms with Crippen molar-refractivity contribution in [2.24, 2.45) is 0 Å². The minimum absolute atomic E-state index is 0.405. The zero-order chi connectivity index (χ0) is 8.55. The van der Waals surface area contributed by atoms with Gasteiger partial charge in [-0.05, 0) is 0 Å². The summed E-state index contributed by atoms with van der Waals surface area (Å²) in [5, 5.41) is 8.69. The zero-order valence-corrected chi connectivity index (χ0v) is 6.47. The van der Waals surface area contributed by atoms with Gasteiger partial charge in [-0.1, -0.05) is 0 Å². The van der Waals surface area contributed by atoms with E-state index >= 15 is 0 Å². The van der Waals surface area contributed by atoms with Gasteiger partial charge in [-0.15, -0.1) is 0 Å². The van der Waals surface area contributed by atoms with Gasteiger partial charge >= 0.3 is 6.09 Å². The second-order valence-corrected chi connectivity index (χ2v) is 2.74. The van der Waals surface area contributed by atoms with Crippen molar-refractivity contribution in [3.8, 4) is 0 Å². The molecule has 1 aliphatic heterocycles. The molecule has 5 nitrogen and oxygen atoms in total. The number of hydrogen-bond donors (Lipinski definition) is 1. The summed E-state index contributed by atoms with van der Waals surface area (Å²) in [5.41, 5.74) is 0.